The number of halogens is 1. The second-order valence-electron chi connectivity index (χ2n) is 4.53. The smallest absolute Gasteiger partial charge is 0.226 e. The zero-order valence-corrected chi connectivity index (χ0v) is 11.9. The van der Waals surface area contributed by atoms with Crippen LogP contribution >= 0.6 is 11.6 Å². The maximum Gasteiger partial charge on any atom is 0.226 e. The van der Waals surface area contributed by atoms with Gasteiger partial charge >= 0.3 is 0 Å². The molecule has 2 aromatic rings. The van der Waals surface area contributed by atoms with Crippen LogP contribution in [-0.4, -0.2) is 37.3 Å². The van der Waals surface area contributed by atoms with Gasteiger partial charge in [-0.25, -0.2) is 4.98 Å². The maximum absolute atomic E-state index is 9.36. The lowest BCUT2D eigenvalue weighted by Gasteiger charge is -2.11. The number of hydrogen-bond acceptors (Lipinski definition) is 5. The number of aliphatic hydroxyl groups excluding tert-OH is 1. The molecule has 19 heavy (non-hydrogen) atoms. The molecule has 0 aliphatic heterocycles. The fourth-order valence-corrected chi connectivity index (χ4v) is 1.98. The monoisotopic (exact) mass is 283 g/mol. The second-order valence-corrected chi connectivity index (χ2v) is 4.87. The molecule has 7 heteroatoms. The summed E-state index contributed by atoms with van der Waals surface area (Å²) in [4.78, 5) is 12.5. The number of aromatic nitrogens is 4. The molecule has 0 aliphatic carbocycles. The minimum absolute atomic E-state index is 0.154. The Hall–Kier alpha value is -1.40. The van der Waals surface area contributed by atoms with Gasteiger partial charge in [0.15, 0.2) is 11.5 Å². The number of rotatable bonds is 6. The fraction of sp³-hybridized carbons (Fsp3) is 0.583. The first-order valence-electron chi connectivity index (χ1n) is 6.42. The summed E-state index contributed by atoms with van der Waals surface area (Å²) in [6.07, 6.45) is 3.45. The largest absolute Gasteiger partial charge is 0.392 e. The number of hydrogen-bond donors (Lipinski definition) is 2. The molecule has 0 aliphatic rings. The fourth-order valence-electron chi connectivity index (χ4n) is 1.82. The quantitative estimate of drug-likeness (QED) is 0.794. The SMILES string of the molecule is CCCCn1cnc2nc(Cl)nc(NCC(C)O)c21. The van der Waals surface area contributed by atoms with E-state index in [1.807, 2.05) is 4.57 Å². The van der Waals surface area contributed by atoms with E-state index in [9.17, 15) is 5.11 Å². The predicted octanol–water partition coefficient (Wildman–Crippen LogP) is 2.07. The number of unbranched alkanes of at least 4 members (excludes halogenated alkanes) is 1. The summed E-state index contributed by atoms with van der Waals surface area (Å²) < 4.78 is 2.01. The van der Waals surface area contributed by atoms with Crippen LogP contribution in [0.5, 0.6) is 0 Å². The average molecular weight is 284 g/mol. The van der Waals surface area contributed by atoms with Crippen molar-refractivity contribution in [1.29, 1.82) is 0 Å². The number of nitrogens with one attached hydrogen (secondary N) is 1. The van der Waals surface area contributed by atoms with E-state index >= 15 is 0 Å². The van der Waals surface area contributed by atoms with E-state index < -0.39 is 6.10 Å². The first kappa shape index (κ1) is 14.0. The van der Waals surface area contributed by atoms with Crippen molar-refractivity contribution >= 4 is 28.6 Å². The summed E-state index contributed by atoms with van der Waals surface area (Å²) in [7, 11) is 0. The molecular formula is C12H18ClN5O. The van der Waals surface area contributed by atoms with Crippen LogP contribution in [0.2, 0.25) is 5.28 Å². The molecule has 0 aromatic carbocycles. The lowest BCUT2D eigenvalue weighted by molar-refractivity contribution is 0.208. The molecule has 0 amide bonds. The first-order valence-corrected chi connectivity index (χ1v) is 6.80. The molecule has 2 aromatic heterocycles. The van der Waals surface area contributed by atoms with Crippen LogP contribution < -0.4 is 5.32 Å². The lowest BCUT2D eigenvalue weighted by atomic mass is 10.3. The van der Waals surface area contributed by atoms with Crippen LogP contribution in [0, 0.1) is 0 Å². The van der Waals surface area contributed by atoms with Gasteiger partial charge in [-0.1, -0.05) is 13.3 Å². The van der Waals surface area contributed by atoms with E-state index in [-0.39, 0.29) is 5.28 Å². The van der Waals surface area contributed by atoms with Gasteiger partial charge in [0.25, 0.3) is 0 Å². The molecule has 0 fully saturated rings. The third kappa shape index (κ3) is 3.33. The Kier molecular flexibility index (Phi) is 4.55. The number of imidazole rings is 1. The van der Waals surface area contributed by atoms with E-state index in [1.54, 1.807) is 13.3 Å². The van der Waals surface area contributed by atoms with Crippen molar-refractivity contribution in [3.63, 3.8) is 0 Å². The summed E-state index contributed by atoms with van der Waals surface area (Å²) in [5.74, 6) is 0.615. The number of nitrogens with zero attached hydrogens (tertiary/aromatic N) is 4. The van der Waals surface area contributed by atoms with Gasteiger partial charge in [0, 0.05) is 13.1 Å². The molecule has 0 saturated carbocycles. The molecular weight excluding hydrogens is 266 g/mol. The highest BCUT2D eigenvalue weighted by Gasteiger charge is 2.13. The third-order valence-corrected chi connectivity index (χ3v) is 2.93. The molecule has 0 saturated heterocycles. The molecule has 2 rings (SSSR count). The zero-order valence-electron chi connectivity index (χ0n) is 11.1. The lowest BCUT2D eigenvalue weighted by Crippen LogP contribution is -2.17. The van der Waals surface area contributed by atoms with Gasteiger partial charge in [-0.05, 0) is 24.9 Å². The molecule has 0 spiro atoms. The van der Waals surface area contributed by atoms with E-state index in [1.165, 1.54) is 0 Å². The van der Waals surface area contributed by atoms with E-state index in [0.717, 1.165) is 24.9 Å². The van der Waals surface area contributed by atoms with Gasteiger partial charge in [0.2, 0.25) is 5.28 Å². The molecule has 0 radical (unpaired) electrons. The zero-order chi connectivity index (χ0) is 13.8. The number of aliphatic hydroxyl groups is 1. The standard InChI is InChI=1S/C12H18ClN5O/c1-3-4-5-18-7-15-11-9(18)10(14-6-8(2)19)16-12(13)17-11/h7-8,19H,3-6H2,1-2H3,(H,14,16,17). The van der Waals surface area contributed by atoms with Crippen molar-refractivity contribution in [2.75, 3.05) is 11.9 Å². The van der Waals surface area contributed by atoms with Gasteiger partial charge in [-0.3, -0.25) is 0 Å². The summed E-state index contributed by atoms with van der Waals surface area (Å²) in [5, 5.41) is 12.6. The second kappa shape index (κ2) is 6.16. The molecule has 1 atom stereocenters. The van der Waals surface area contributed by atoms with Crippen LogP contribution in [-0.2, 0) is 6.54 Å². The van der Waals surface area contributed by atoms with Crippen molar-refractivity contribution in [1.82, 2.24) is 19.5 Å². The molecule has 6 nitrogen and oxygen atoms in total. The highest BCUT2D eigenvalue weighted by Crippen LogP contribution is 2.22. The van der Waals surface area contributed by atoms with Crippen molar-refractivity contribution in [3.05, 3.63) is 11.6 Å². The Morgan fingerprint density at radius 2 is 2.26 bits per heavy atom. The normalized spacial score (nSPS) is 12.8. The Balaban J connectivity index is 2.37. The minimum Gasteiger partial charge on any atom is -0.392 e. The Labute approximate surface area is 116 Å². The molecule has 1 unspecified atom stereocenters. The van der Waals surface area contributed by atoms with E-state index in [2.05, 4.69) is 27.2 Å². The van der Waals surface area contributed by atoms with E-state index in [4.69, 9.17) is 11.6 Å². The Morgan fingerprint density at radius 3 is 2.95 bits per heavy atom. The molecule has 2 N–H and O–H groups in total. The van der Waals surface area contributed by atoms with Crippen LogP contribution in [0.1, 0.15) is 26.7 Å². The minimum atomic E-state index is -0.462. The predicted molar refractivity (Wildman–Crippen MR) is 75.4 cm³/mol. The topological polar surface area (TPSA) is 75.9 Å². The van der Waals surface area contributed by atoms with Gasteiger partial charge < -0.3 is 15.0 Å². The number of aryl methyl sites for hydroxylation is 1. The maximum atomic E-state index is 9.36. The van der Waals surface area contributed by atoms with Gasteiger partial charge in [-0.15, -0.1) is 0 Å². The van der Waals surface area contributed by atoms with Crippen LogP contribution in [0.3, 0.4) is 0 Å². The molecule has 104 valence electrons. The number of anilines is 1. The highest BCUT2D eigenvalue weighted by atomic mass is 35.5. The van der Waals surface area contributed by atoms with Crippen LogP contribution in [0.4, 0.5) is 5.82 Å². The third-order valence-electron chi connectivity index (χ3n) is 2.76. The highest BCUT2D eigenvalue weighted by molar-refractivity contribution is 6.28. The average Bonchev–Trinajstić information content (AvgIpc) is 2.76. The van der Waals surface area contributed by atoms with Crippen molar-refractivity contribution in [2.24, 2.45) is 0 Å². The van der Waals surface area contributed by atoms with Gasteiger partial charge in [0.1, 0.15) is 5.52 Å². The summed E-state index contributed by atoms with van der Waals surface area (Å²) >= 11 is 5.88. The molecule has 2 heterocycles. The molecule has 0 bridgehead atoms. The summed E-state index contributed by atoms with van der Waals surface area (Å²) in [6.45, 7) is 5.11. The Morgan fingerprint density at radius 1 is 1.47 bits per heavy atom. The van der Waals surface area contributed by atoms with Gasteiger partial charge in [0.05, 0.1) is 12.4 Å². The van der Waals surface area contributed by atoms with Crippen LogP contribution in [0.15, 0.2) is 6.33 Å². The summed E-state index contributed by atoms with van der Waals surface area (Å²) in [5.41, 5.74) is 1.41. The first-order chi connectivity index (χ1) is 9.11. The van der Waals surface area contributed by atoms with Crippen LogP contribution in [0.25, 0.3) is 11.2 Å². The van der Waals surface area contributed by atoms with E-state index in [0.29, 0.717) is 18.0 Å². The van der Waals surface area contributed by atoms with Gasteiger partial charge in [-0.2, -0.15) is 9.97 Å². The Bertz CT molecular complexity index is 554. The van der Waals surface area contributed by atoms with Crippen molar-refractivity contribution < 1.29 is 5.11 Å². The van der Waals surface area contributed by atoms with Crippen molar-refractivity contribution in [2.45, 2.75) is 39.3 Å². The number of fused-ring (bicyclic) bond motifs is 1. The summed E-state index contributed by atoms with van der Waals surface area (Å²) in [6, 6.07) is 0. The van der Waals surface area contributed by atoms with Crippen molar-refractivity contribution in [3.8, 4) is 0 Å².